The smallest absolute Gasteiger partial charge is 0.123 e. The molecule has 0 radical (unpaired) electrons. The van der Waals surface area contributed by atoms with Gasteiger partial charge < -0.3 is 10.1 Å². The van der Waals surface area contributed by atoms with Crippen molar-refractivity contribution in [1.29, 1.82) is 0 Å². The maximum atomic E-state index is 5.97. The number of rotatable bonds is 15. The van der Waals surface area contributed by atoms with Gasteiger partial charge in [0.05, 0.1) is 6.61 Å². The Bertz CT molecular complexity index is 378. The van der Waals surface area contributed by atoms with E-state index in [0.29, 0.717) is 0 Å². The molecular formula is C21H37NO. The fourth-order valence-corrected chi connectivity index (χ4v) is 2.76. The zero-order valence-electron chi connectivity index (χ0n) is 15.4. The molecule has 23 heavy (non-hydrogen) atoms. The van der Waals surface area contributed by atoms with Crippen molar-refractivity contribution < 1.29 is 4.74 Å². The van der Waals surface area contributed by atoms with Crippen LogP contribution in [-0.2, 0) is 6.54 Å². The molecule has 0 atom stereocenters. The second-order valence-corrected chi connectivity index (χ2v) is 6.46. The van der Waals surface area contributed by atoms with Crippen molar-refractivity contribution in [2.24, 2.45) is 0 Å². The molecule has 0 fully saturated rings. The molecule has 0 aliphatic carbocycles. The summed E-state index contributed by atoms with van der Waals surface area (Å²) in [5, 5.41) is 3.56. The summed E-state index contributed by atoms with van der Waals surface area (Å²) in [6, 6.07) is 8.45. The van der Waals surface area contributed by atoms with Crippen molar-refractivity contribution in [1.82, 2.24) is 5.32 Å². The van der Waals surface area contributed by atoms with Gasteiger partial charge in [0.2, 0.25) is 0 Å². The molecule has 2 heteroatoms. The third-order valence-electron chi connectivity index (χ3n) is 4.25. The molecule has 1 aromatic rings. The Kier molecular flexibility index (Phi) is 12.7. The van der Waals surface area contributed by atoms with Crippen LogP contribution in [0.3, 0.4) is 0 Å². The molecule has 2 nitrogen and oxygen atoms in total. The second kappa shape index (κ2) is 14.6. The van der Waals surface area contributed by atoms with Gasteiger partial charge >= 0.3 is 0 Å². The molecule has 0 amide bonds. The summed E-state index contributed by atoms with van der Waals surface area (Å²) in [6.07, 6.45) is 13.1. The van der Waals surface area contributed by atoms with Crippen LogP contribution in [0.2, 0.25) is 0 Å². The lowest BCUT2D eigenvalue weighted by Crippen LogP contribution is -2.15. The zero-order valence-corrected chi connectivity index (χ0v) is 15.4. The molecule has 0 bridgehead atoms. The summed E-state index contributed by atoms with van der Waals surface area (Å²) in [6.45, 7) is 7.38. The molecule has 0 unspecified atom stereocenters. The first-order chi connectivity index (χ1) is 11.4. The summed E-state index contributed by atoms with van der Waals surface area (Å²) in [5.74, 6) is 1.06. The lowest BCUT2D eigenvalue weighted by molar-refractivity contribution is 0.301. The first-order valence-corrected chi connectivity index (χ1v) is 9.80. The molecule has 0 saturated heterocycles. The van der Waals surface area contributed by atoms with Crippen molar-refractivity contribution in [3.8, 4) is 5.75 Å². The summed E-state index contributed by atoms with van der Waals surface area (Å²) >= 11 is 0. The van der Waals surface area contributed by atoms with Crippen LogP contribution < -0.4 is 10.1 Å². The van der Waals surface area contributed by atoms with Gasteiger partial charge in [-0.15, -0.1) is 0 Å². The number of hydrogen-bond donors (Lipinski definition) is 1. The van der Waals surface area contributed by atoms with E-state index in [0.717, 1.165) is 31.9 Å². The van der Waals surface area contributed by atoms with Crippen LogP contribution >= 0.6 is 0 Å². The highest BCUT2D eigenvalue weighted by molar-refractivity contribution is 5.33. The van der Waals surface area contributed by atoms with Crippen LogP contribution in [0, 0.1) is 0 Å². The molecule has 1 aromatic carbocycles. The zero-order chi connectivity index (χ0) is 16.6. The fourth-order valence-electron chi connectivity index (χ4n) is 2.76. The normalized spacial score (nSPS) is 10.9. The minimum atomic E-state index is 0.842. The van der Waals surface area contributed by atoms with E-state index in [1.165, 1.54) is 63.4 Å². The van der Waals surface area contributed by atoms with Crippen molar-refractivity contribution in [3.63, 3.8) is 0 Å². The van der Waals surface area contributed by atoms with Crippen LogP contribution in [0.5, 0.6) is 5.75 Å². The predicted octanol–water partition coefficient (Wildman–Crippen LogP) is 6.10. The number of hydrogen-bond acceptors (Lipinski definition) is 2. The Morgan fingerprint density at radius 2 is 1.43 bits per heavy atom. The molecule has 0 spiro atoms. The van der Waals surface area contributed by atoms with Crippen molar-refractivity contribution in [2.75, 3.05) is 13.2 Å². The summed E-state index contributed by atoms with van der Waals surface area (Å²) < 4.78 is 5.97. The van der Waals surface area contributed by atoms with Gasteiger partial charge in [0, 0.05) is 12.1 Å². The Balaban J connectivity index is 2.15. The van der Waals surface area contributed by atoms with Crippen LogP contribution in [0.15, 0.2) is 24.3 Å². The summed E-state index contributed by atoms with van der Waals surface area (Å²) in [4.78, 5) is 0. The van der Waals surface area contributed by atoms with E-state index in [2.05, 4.69) is 43.4 Å². The van der Waals surface area contributed by atoms with E-state index in [1.54, 1.807) is 0 Å². The van der Waals surface area contributed by atoms with Gasteiger partial charge in [-0.05, 0) is 25.5 Å². The number of nitrogens with one attached hydrogen (secondary N) is 1. The molecule has 1 N–H and O–H groups in total. The first-order valence-electron chi connectivity index (χ1n) is 9.80. The first kappa shape index (κ1) is 20.0. The molecule has 0 aliphatic rings. The minimum absolute atomic E-state index is 0.842. The molecule has 1 rings (SSSR count). The average molecular weight is 320 g/mol. The van der Waals surface area contributed by atoms with E-state index in [9.17, 15) is 0 Å². The third-order valence-corrected chi connectivity index (χ3v) is 4.25. The highest BCUT2D eigenvalue weighted by Gasteiger charge is 2.02. The third kappa shape index (κ3) is 10.4. The lowest BCUT2D eigenvalue weighted by Gasteiger charge is -2.12. The quantitative estimate of drug-likeness (QED) is 0.395. The van der Waals surface area contributed by atoms with Gasteiger partial charge in [0.1, 0.15) is 5.75 Å². The van der Waals surface area contributed by atoms with E-state index in [1.807, 2.05) is 0 Å². The highest BCUT2D eigenvalue weighted by atomic mass is 16.5. The lowest BCUT2D eigenvalue weighted by atomic mass is 10.1. The maximum absolute atomic E-state index is 5.97. The van der Waals surface area contributed by atoms with Gasteiger partial charge in [-0.2, -0.15) is 0 Å². The minimum Gasteiger partial charge on any atom is -0.493 e. The maximum Gasteiger partial charge on any atom is 0.123 e. The average Bonchev–Trinajstić information content (AvgIpc) is 2.58. The molecule has 0 aromatic heterocycles. The monoisotopic (exact) mass is 319 g/mol. The Hall–Kier alpha value is -1.02. The van der Waals surface area contributed by atoms with E-state index < -0.39 is 0 Å². The number of benzene rings is 1. The molecular weight excluding hydrogens is 282 g/mol. The fraction of sp³-hybridized carbons (Fsp3) is 0.714. The molecule has 0 aliphatic heterocycles. The SMILES string of the molecule is CCCCCCCCNCc1ccccc1OCCCCCC. The second-order valence-electron chi connectivity index (χ2n) is 6.46. The van der Waals surface area contributed by atoms with Gasteiger partial charge in [-0.3, -0.25) is 0 Å². The number of ether oxygens (including phenoxy) is 1. The summed E-state index contributed by atoms with van der Waals surface area (Å²) in [5.41, 5.74) is 1.29. The number of para-hydroxylation sites is 1. The number of unbranched alkanes of at least 4 members (excludes halogenated alkanes) is 8. The van der Waals surface area contributed by atoms with E-state index in [4.69, 9.17) is 4.74 Å². The van der Waals surface area contributed by atoms with Crippen molar-refractivity contribution in [3.05, 3.63) is 29.8 Å². The van der Waals surface area contributed by atoms with Crippen LogP contribution in [0.4, 0.5) is 0 Å². The largest absolute Gasteiger partial charge is 0.493 e. The van der Waals surface area contributed by atoms with E-state index in [-0.39, 0.29) is 0 Å². The molecule has 0 heterocycles. The van der Waals surface area contributed by atoms with Gasteiger partial charge in [-0.25, -0.2) is 0 Å². The van der Waals surface area contributed by atoms with Crippen molar-refractivity contribution >= 4 is 0 Å². The van der Waals surface area contributed by atoms with Crippen LogP contribution in [0.25, 0.3) is 0 Å². The van der Waals surface area contributed by atoms with Gasteiger partial charge in [0.25, 0.3) is 0 Å². The van der Waals surface area contributed by atoms with Crippen LogP contribution in [0.1, 0.15) is 83.6 Å². The Morgan fingerprint density at radius 3 is 2.22 bits per heavy atom. The van der Waals surface area contributed by atoms with Crippen LogP contribution in [-0.4, -0.2) is 13.2 Å². The summed E-state index contributed by atoms with van der Waals surface area (Å²) in [7, 11) is 0. The Labute approximate surface area is 144 Å². The molecule has 0 saturated carbocycles. The molecule has 132 valence electrons. The van der Waals surface area contributed by atoms with E-state index >= 15 is 0 Å². The predicted molar refractivity (Wildman–Crippen MR) is 101 cm³/mol. The topological polar surface area (TPSA) is 21.3 Å². The van der Waals surface area contributed by atoms with Gasteiger partial charge in [-0.1, -0.05) is 83.4 Å². The van der Waals surface area contributed by atoms with Gasteiger partial charge in [0.15, 0.2) is 0 Å². The Morgan fingerprint density at radius 1 is 0.783 bits per heavy atom. The van der Waals surface area contributed by atoms with Crippen molar-refractivity contribution in [2.45, 2.75) is 84.6 Å². The standard InChI is InChI=1S/C21H37NO/c1-3-5-7-9-10-13-17-22-19-20-15-11-12-16-21(20)23-18-14-8-6-4-2/h11-12,15-16,22H,3-10,13-14,17-19H2,1-2H3. The highest BCUT2D eigenvalue weighted by Crippen LogP contribution is 2.18.